The van der Waals surface area contributed by atoms with E-state index in [1.807, 2.05) is 92.7 Å². The molecule has 0 radical (unpaired) electrons. The van der Waals surface area contributed by atoms with Gasteiger partial charge in [0.15, 0.2) is 11.5 Å². The Morgan fingerprint density at radius 2 is 1.34 bits per heavy atom. The molecule has 1 aliphatic heterocycles. The fraction of sp³-hybridized carbons (Fsp3) is 0.138. The number of ether oxygens (including phenoxy) is 3. The minimum Gasteiger partial charge on any atom is -0.490 e. The van der Waals surface area contributed by atoms with Crippen molar-refractivity contribution in [3.05, 3.63) is 120 Å². The van der Waals surface area contributed by atoms with Crippen LogP contribution in [0.2, 0.25) is 0 Å². The van der Waals surface area contributed by atoms with E-state index in [9.17, 15) is 0 Å². The Morgan fingerprint density at radius 1 is 0.789 bits per heavy atom. The molecule has 0 aliphatic carbocycles. The highest BCUT2D eigenvalue weighted by atomic mass is 35.7. The van der Waals surface area contributed by atoms with Crippen molar-refractivity contribution in [1.82, 2.24) is 0 Å². The molecular formula is C29H28ClNO7. The van der Waals surface area contributed by atoms with Gasteiger partial charge in [-0.3, -0.25) is 5.41 Å². The Bertz CT molecular complexity index is 1310. The molecule has 0 fully saturated rings. The van der Waals surface area contributed by atoms with Crippen LogP contribution in [-0.2, 0) is 4.74 Å². The molecule has 1 aliphatic rings. The van der Waals surface area contributed by atoms with Crippen molar-refractivity contribution in [2.45, 2.75) is 13.8 Å². The number of halogens is 1. The minimum atomic E-state index is -4.94. The normalized spacial score (nSPS) is 13.9. The van der Waals surface area contributed by atoms with E-state index in [2.05, 4.69) is 18.2 Å². The largest absolute Gasteiger partial charge is 0.490 e. The molecule has 4 rings (SSSR count). The molecule has 2 N–H and O–H groups in total. The van der Waals surface area contributed by atoms with E-state index in [4.69, 9.17) is 38.3 Å². The maximum Gasteiger partial charge on any atom is 0.207 e. The lowest BCUT2D eigenvalue weighted by Gasteiger charge is -2.18. The fourth-order valence-corrected chi connectivity index (χ4v) is 3.60. The topological polar surface area (TPSA) is 146 Å². The van der Waals surface area contributed by atoms with Gasteiger partial charge in [-0.2, -0.15) is 0 Å². The molecule has 0 atom stereocenters. The molecule has 38 heavy (non-hydrogen) atoms. The molecule has 8 nitrogen and oxygen atoms in total. The van der Waals surface area contributed by atoms with Crippen molar-refractivity contribution < 1.29 is 48.5 Å². The third kappa shape index (κ3) is 8.88. The van der Waals surface area contributed by atoms with Gasteiger partial charge in [0.05, 0.1) is 19.3 Å². The zero-order valence-corrected chi connectivity index (χ0v) is 21.7. The van der Waals surface area contributed by atoms with Gasteiger partial charge in [0.25, 0.3) is 0 Å². The summed E-state index contributed by atoms with van der Waals surface area (Å²) in [4.78, 5) is 0. The average Bonchev–Trinajstić information content (AvgIpc) is 2.90. The maximum atomic E-state index is 8.49. The highest BCUT2D eigenvalue weighted by molar-refractivity contribution is 6.05. The molecule has 0 saturated carbocycles. The SMILES string of the molecule is CCOc1ccc(C(=[NH2+])C=C2C=C(c3ccccc3)C=C(c3ccccc3)O2)cc1OCC.[O-][Cl+3]([O-])([O-])[O-]. The van der Waals surface area contributed by atoms with Crippen LogP contribution in [0.1, 0.15) is 30.5 Å². The Hall–Kier alpha value is -3.92. The van der Waals surface area contributed by atoms with Gasteiger partial charge in [-0.25, -0.2) is 18.6 Å². The summed E-state index contributed by atoms with van der Waals surface area (Å²) in [5, 5.41) is 6.50. The molecule has 0 bridgehead atoms. The summed E-state index contributed by atoms with van der Waals surface area (Å²) in [5.74, 6) is 2.82. The first-order valence-electron chi connectivity index (χ1n) is 11.8. The zero-order chi connectivity index (χ0) is 27.5. The van der Waals surface area contributed by atoms with Crippen LogP contribution in [0.3, 0.4) is 0 Å². The van der Waals surface area contributed by atoms with Crippen LogP contribution in [0, 0.1) is 10.2 Å². The number of nitrogens with two attached hydrogens (primary N) is 1. The van der Waals surface area contributed by atoms with Crippen molar-refractivity contribution >= 4 is 17.0 Å². The highest BCUT2D eigenvalue weighted by Gasteiger charge is 2.17. The van der Waals surface area contributed by atoms with Crippen LogP contribution in [0.15, 0.2) is 103 Å². The van der Waals surface area contributed by atoms with Crippen molar-refractivity contribution in [3.63, 3.8) is 0 Å². The van der Waals surface area contributed by atoms with Gasteiger partial charge in [-0.05, 0) is 55.3 Å². The second kappa shape index (κ2) is 13.6. The van der Waals surface area contributed by atoms with E-state index in [0.29, 0.717) is 36.2 Å². The first-order chi connectivity index (χ1) is 18.2. The van der Waals surface area contributed by atoms with Crippen molar-refractivity contribution in [2.24, 2.45) is 0 Å². The number of benzene rings is 3. The van der Waals surface area contributed by atoms with E-state index in [1.165, 1.54) is 0 Å². The fourth-order valence-electron chi connectivity index (χ4n) is 3.60. The van der Waals surface area contributed by atoms with Gasteiger partial charge in [-0.15, -0.1) is 10.2 Å². The number of hydrogen-bond donors (Lipinski definition) is 1. The number of hydrogen-bond acceptors (Lipinski definition) is 7. The van der Waals surface area contributed by atoms with Gasteiger partial charge in [0.1, 0.15) is 11.5 Å². The third-order valence-electron chi connectivity index (χ3n) is 5.15. The molecule has 198 valence electrons. The zero-order valence-electron chi connectivity index (χ0n) is 21.0. The molecule has 9 heteroatoms. The molecular weight excluding hydrogens is 510 g/mol. The first-order valence-corrected chi connectivity index (χ1v) is 13.0. The van der Waals surface area contributed by atoms with E-state index in [1.54, 1.807) is 0 Å². The van der Waals surface area contributed by atoms with Crippen LogP contribution < -0.4 is 33.5 Å². The van der Waals surface area contributed by atoms with Gasteiger partial charge < -0.3 is 14.2 Å². The first kappa shape index (κ1) is 28.6. The van der Waals surface area contributed by atoms with Crippen LogP contribution in [0.5, 0.6) is 11.5 Å². The Morgan fingerprint density at radius 3 is 1.92 bits per heavy atom. The van der Waals surface area contributed by atoms with Crippen LogP contribution in [-0.4, -0.2) is 18.9 Å². The Labute approximate surface area is 223 Å². The summed E-state index contributed by atoms with van der Waals surface area (Å²) in [7, 11) is -4.94. The lowest BCUT2D eigenvalue weighted by atomic mass is 10.00. The lowest BCUT2D eigenvalue weighted by molar-refractivity contribution is -2.00. The molecule has 3 aromatic carbocycles. The van der Waals surface area contributed by atoms with Gasteiger partial charge >= 0.3 is 0 Å². The van der Waals surface area contributed by atoms with Gasteiger partial charge in [0, 0.05) is 11.1 Å². The van der Waals surface area contributed by atoms with Gasteiger partial charge in [0.2, 0.25) is 5.71 Å². The van der Waals surface area contributed by atoms with Crippen molar-refractivity contribution in [1.29, 1.82) is 0 Å². The van der Waals surface area contributed by atoms with Gasteiger partial charge in [-0.1, -0.05) is 60.7 Å². The molecule has 0 amide bonds. The highest BCUT2D eigenvalue weighted by Crippen LogP contribution is 2.32. The lowest BCUT2D eigenvalue weighted by Crippen LogP contribution is -2.68. The molecule has 3 aromatic rings. The predicted octanol–water partition coefficient (Wildman–Crippen LogP) is 0.315. The molecule has 0 spiro atoms. The molecule has 0 saturated heterocycles. The summed E-state index contributed by atoms with van der Waals surface area (Å²) in [5.41, 5.74) is 4.58. The second-order valence-electron chi connectivity index (χ2n) is 7.85. The quantitative estimate of drug-likeness (QED) is 0.407. The molecule has 1 heterocycles. The maximum absolute atomic E-state index is 8.49. The monoisotopic (exact) mass is 537 g/mol. The predicted molar refractivity (Wildman–Crippen MR) is 133 cm³/mol. The smallest absolute Gasteiger partial charge is 0.207 e. The van der Waals surface area contributed by atoms with E-state index >= 15 is 0 Å². The van der Waals surface area contributed by atoms with E-state index in [0.717, 1.165) is 28.0 Å². The van der Waals surface area contributed by atoms with Crippen LogP contribution in [0.25, 0.3) is 11.3 Å². The second-order valence-corrected chi connectivity index (χ2v) is 8.61. The minimum absolute atomic E-state index is 0.544. The Kier molecular flexibility index (Phi) is 10.2. The summed E-state index contributed by atoms with van der Waals surface area (Å²) >= 11 is 0. The van der Waals surface area contributed by atoms with Crippen molar-refractivity contribution in [2.75, 3.05) is 13.2 Å². The summed E-state index contributed by atoms with van der Waals surface area (Å²) in [6.07, 6.45) is 5.92. The molecule has 0 unspecified atom stereocenters. The average molecular weight is 538 g/mol. The van der Waals surface area contributed by atoms with E-state index < -0.39 is 10.2 Å². The number of rotatable bonds is 8. The van der Waals surface area contributed by atoms with Crippen LogP contribution >= 0.6 is 0 Å². The van der Waals surface area contributed by atoms with Crippen LogP contribution in [0.4, 0.5) is 0 Å². The third-order valence-corrected chi connectivity index (χ3v) is 5.15. The standard InChI is InChI=1S/C29H27NO3.ClHO4/c1-3-31-27-16-15-23(18-29(27)32-4-2)26(30)20-25-17-24(21-11-7-5-8-12-21)19-28(33-25)22-13-9-6-10-14-22;2-1(3,4)5/h5-20,30H,3-4H2,1-2H3;(H,2,3,4,5). The Balaban J connectivity index is 0.000000732. The molecule has 0 aromatic heterocycles. The summed E-state index contributed by atoms with van der Waals surface area (Å²) in [6, 6.07) is 26.0. The van der Waals surface area contributed by atoms with E-state index in [-0.39, 0.29) is 0 Å². The number of allylic oxidation sites excluding steroid dienone is 4. The van der Waals surface area contributed by atoms with Crippen molar-refractivity contribution in [3.8, 4) is 11.5 Å². The summed E-state index contributed by atoms with van der Waals surface area (Å²) < 4.78 is 51.6. The summed E-state index contributed by atoms with van der Waals surface area (Å²) in [6.45, 7) is 5.00.